The largest absolute Gasteiger partial charge is 0.338 e. The van der Waals surface area contributed by atoms with Crippen molar-refractivity contribution < 1.29 is 0 Å². The highest BCUT2D eigenvalue weighted by molar-refractivity contribution is 4.98. The van der Waals surface area contributed by atoms with E-state index in [-0.39, 0.29) is 0 Å². The molecule has 0 aliphatic heterocycles. The van der Waals surface area contributed by atoms with Gasteiger partial charge in [-0.1, -0.05) is 19.1 Å². The van der Waals surface area contributed by atoms with Crippen molar-refractivity contribution in [1.29, 1.82) is 0 Å². The van der Waals surface area contributed by atoms with Crippen LogP contribution in [0.1, 0.15) is 25.6 Å². The van der Waals surface area contributed by atoms with Crippen molar-refractivity contribution in [3.05, 3.63) is 30.4 Å². The molecular formula is C12H21N3. The van der Waals surface area contributed by atoms with Gasteiger partial charge in [0, 0.05) is 25.9 Å². The van der Waals surface area contributed by atoms with E-state index >= 15 is 0 Å². The highest BCUT2D eigenvalue weighted by Crippen LogP contribution is 1.96. The summed E-state index contributed by atoms with van der Waals surface area (Å²) in [5, 5.41) is 3.37. The highest BCUT2D eigenvalue weighted by atomic mass is 15.0. The molecule has 0 atom stereocenters. The van der Waals surface area contributed by atoms with Gasteiger partial charge in [0.25, 0.3) is 0 Å². The molecule has 1 aromatic heterocycles. The summed E-state index contributed by atoms with van der Waals surface area (Å²) in [6, 6.07) is 0. The Kier molecular flexibility index (Phi) is 5.78. The zero-order chi connectivity index (χ0) is 10.9. The predicted molar refractivity (Wildman–Crippen MR) is 63.8 cm³/mol. The van der Waals surface area contributed by atoms with Crippen molar-refractivity contribution in [2.45, 2.75) is 26.2 Å². The molecule has 3 heteroatoms. The lowest BCUT2D eigenvalue weighted by Crippen LogP contribution is -2.15. The third kappa shape index (κ3) is 4.79. The molecule has 0 saturated carbocycles. The Bertz CT molecular complexity index is 289. The van der Waals surface area contributed by atoms with Gasteiger partial charge in [-0.2, -0.15) is 0 Å². The molecule has 0 bridgehead atoms. The lowest BCUT2D eigenvalue weighted by Gasteiger charge is -1.98. The normalized spacial score (nSPS) is 11.3. The van der Waals surface area contributed by atoms with Crippen LogP contribution in [0.15, 0.2) is 24.5 Å². The van der Waals surface area contributed by atoms with Crippen LogP contribution in [0, 0.1) is 0 Å². The lowest BCUT2D eigenvalue weighted by atomic mass is 10.3. The Morgan fingerprint density at radius 1 is 1.40 bits per heavy atom. The van der Waals surface area contributed by atoms with E-state index in [4.69, 9.17) is 0 Å². The van der Waals surface area contributed by atoms with Crippen LogP contribution in [0.25, 0.3) is 0 Å². The third-order valence-electron chi connectivity index (χ3n) is 2.30. The van der Waals surface area contributed by atoms with Crippen LogP contribution in [0.2, 0.25) is 0 Å². The molecule has 0 unspecified atom stereocenters. The monoisotopic (exact) mass is 207 g/mol. The molecule has 0 aliphatic rings. The number of nitrogens with zero attached hydrogens (tertiary/aromatic N) is 2. The molecule has 0 radical (unpaired) electrons. The van der Waals surface area contributed by atoms with E-state index < -0.39 is 0 Å². The van der Waals surface area contributed by atoms with Gasteiger partial charge in [0.2, 0.25) is 0 Å². The maximum absolute atomic E-state index is 4.26. The average molecular weight is 207 g/mol. The third-order valence-corrected chi connectivity index (χ3v) is 2.30. The minimum absolute atomic E-state index is 0.928. The summed E-state index contributed by atoms with van der Waals surface area (Å²) in [5.41, 5.74) is 0. The molecule has 0 aliphatic carbocycles. The van der Waals surface area contributed by atoms with E-state index in [2.05, 4.69) is 33.9 Å². The zero-order valence-electron chi connectivity index (χ0n) is 9.74. The standard InChI is InChI=1S/C12H21N3/c1-3-8-13-9-6-4-5-7-12-14-10-11-15(12)2/h4-5,10-11,13H,3,6-9H2,1-2H3. The zero-order valence-corrected chi connectivity index (χ0v) is 9.74. The maximum atomic E-state index is 4.26. The van der Waals surface area contributed by atoms with Gasteiger partial charge in [-0.15, -0.1) is 0 Å². The summed E-state index contributed by atoms with van der Waals surface area (Å²) >= 11 is 0. The molecule has 1 aromatic rings. The van der Waals surface area contributed by atoms with Crippen molar-refractivity contribution in [2.75, 3.05) is 13.1 Å². The highest BCUT2D eigenvalue weighted by Gasteiger charge is 1.93. The van der Waals surface area contributed by atoms with Gasteiger partial charge in [-0.3, -0.25) is 0 Å². The van der Waals surface area contributed by atoms with E-state index in [1.165, 1.54) is 6.42 Å². The summed E-state index contributed by atoms with van der Waals surface area (Å²) in [6.07, 6.45) is 11.5. The molecule has 84 valence electrons. The molecule has 1 N–H and O–H groups in total. The number of nitrogens with one attached hydrogen (secondary N) is 1. The van der Waals surface area contributed by atoms with E-state index in [0.29, 0.717) is 0 Å². The van der Waals surface area contributed by atoms with Crippen molar-refractivity contribution in [1.82, 2.24) is 14.9 Å². The van der Waals surface area contributed by atoms with Crippen LogP contribution in [-0.2, 0) is 13.5 Å². The van der Waals surface area contributed by atoms with Crippen molar-refractivity contribution in [3.63, 3.8) is 0 Å². The number of rotatable bonds is 7. The van der Waals surface area contributed by atoms with E-state index in [1.54, 1.807) is 0 Å². The van der Waals surface area contributed by atoms with Crippen molar-refractivity contribution >= 4 is 0 Å². The van der Waals surface area contributed by atoms with Crippen molar-refractivity contribution in [2.24, 2.45) is 7.05 Å². The first-order chi connectivity index (χ1) is 7.34. The molecule has 3 nitrogen and oxygen atoms in total. The van der Waals surface area contributed by atoms with E-state index in [9.17, 15) is 0 Å². The fourth-order valence-corrected chi connectivity index (χ4v) is 1.39. The molecule has 1 rings (SSSR count). The summed E-state index contributed by atoms with van der Waals surface area (Å²) in [5.74, 6) is 1.12. The Morgan fingerprint density at radius 3 is 2.93 bits per heavy atom. The van der Waals surface area contributed by atoms with Crippen molar-refractivity contribution in [3.8, 4) is 0 Å². The predicted octanol–water partition coefficient (Wildman–Crippen LogP) is 1.91. The molecule has 15 heavy (non-hydrogen) atoms. The summed E-state index contributed by atoms with van der Waals surface area (Å²) in [4.78, 5) is 4.26. The minimum atomic E-state index is 0.928. The first-order valence-electron chi connectivity index (χ1n) is 5.66. The summed E-state index contributed by atoms with van der Waals surface area (Å²) in [7, 11) is 2.03. The molecule has 0 amide bonds. The topological polar surface area (TPSA) is 29.9 Å². The van der Waals surface area contributed by atoms with Crippen LogP contribution in [0.3, 0.4) is 0 Å². The molecule has 0 saturated heterocycles. The van der Waals surface area contributed by atoms with Gasteiger partial charge >= 0.3 is 0 Å². The van der Waals surface area contributed by atoms with E-state index in [0.717, 1.165) is 31.8 Å². The average Bonchev–Trinajstić information content (AvgIpc) is 2.63. The molecule has 0 spiro atoms. The van der Waals surface area contributed by atoms with Crippen LogP contribution in [0.5, 0.6) is 0 Å². The van der Waals surface area contributed by atoms with Gasteiger partial charge in [-0.05, 0) is 25.9 Å². The van der Waals surface area contributed by atoms with Gasteiger partial charge in [-0.25, -0.2) is 4.98 Å². The Hall–Kier alpha value is -1.09. The molecule has 0 aromatic carbocycles. The number of hydrogen-bond donors (Lipinski definition) is 1. The number of imidazole rings is 1. The van der Waals surface area contributed by atoms with Crippen LogP contribution >= 0.6 is 0 Å². The molecule has 1 heterocycles. The van der Waals surface area contributed by atoms with Gasteiger partial charge in [0.1, 0.15) is 5.82 Å². The second-order valence-corrected chi connectivity index (χ2v) is 3.67. The van der Waals surface area contributed by atoms with Crippen LogP contribution in [0.4, 0.5) is 0 Å². The van der Waals surface area contributed by atoms with Gasteiger partial charge in [0.05, 0.1) is 0 Å². The minimum Gasteiger partial charge on any atom is -0.338 e. The SMILES string of the molecule is CCCNCCC=CCc1nccn1C. The number of aromatic nitrogens is 2. The Balaban J connectivity index is 2.09. The summed E-state index contributed by atoms with van der Waals surface area (Å²) < 4.78 is 2.06. The second-order valence-electron chi connectivity index (χ2n) is 3.67. The van der Waals surface area contributed by atoms with Crippen LogP contribution < -0.4 is 5.32 Å². The number of allylic oxidation sites excluding steroid dienone is 1. The fourth-order valence-electron chi connectivity index (χ4n) is 1.39. The van der Waals surface area contributed by atoms with Gasteiger partial charge < -0.3 is 9.88 Å². The fraction of sp³-hybridized carbons (Fsp3) is 0.583. The number of aryl methyl sites for hydroxylation is 1. The lowest BCUT2D eigenvalue weighted by molar-refractivity contribution is 0.677. The maximum Gasteiger partial charge on any atom is 0.112 e. The van der Waals surface area contributed by atoms with E-state index in [1.807, 2.05) is 19.4 Å². The second kappa shape index (κ2) is 7.23. The first kappa shape index (κ1) is 12.0. The molecule has 0 fully saturated rings. The Morgan fingerprint density at radius 2 is 2.27 bits per heavy atom. The first-order valence-corrected chi connectivity index (χ1v) is 5.66. The van der Waals surface area contributed by atoms with Gasteiger partial charge in [0.15, 0.2) is 0 Å². The quantitative estimate of drug-likeness (QED) is 0.547. The smallest absolute Gasteiger partial charge is 0.112 e. The summed E-state index contributed by atoms with van der Waals surface area (Å²) in [6.45, 7) is 4.38. The van der Waals surface area contributed by atoms with Crippen LogP contribution in [-0.4, -0.2) is 22.6 Å². The molecular weight excluding hydrogens is 186 g/mol. The number of hydrogen-bond acceptors (Lipinski definition) is 2. The Labute approximate surface area is 92.2 Å².